The predicted molar refractivity (Wildman–Crippen MR) is 93.4 cm³/mol. The zero-order chi connectivity index (χ0) is 14.8. The lowest BCUT2D eigenvalue weighted by atomic mass is 9.98. The van der Waals surface area contributed by atoms with E-state index in [2.05, 4.69) is 62.2 Å². The Labute approximate surface area is 140 Å². The van der Waals surface area contributed by atoms with Crippen LogP contribution in [-0.4, -0.2) is 0 Å². The van der Waals surface area contributed by atoms with Crippen molar-refractivity contribution in [1.29, 1.82) is 0 Å². The third-order valence-electron chi connectivity index (χ3n) is 3.57. The van der Waals surface area contributed by atoms with Gasteiger partial charge in [0.25, 0.3) is 0 Å². The van der Waals surface area contributed by atoms with E-state index in [0.29, 0.717) is 5.56 Å². The van der Waals surface area contributed by atoms with Gasteiger partial charge in [0.05, 0.1) is 0 Å². The van der Waals surface area contributed by atoms with Crippen molar-refractivity contribution in [3.05, 3.63) is 82.1 Å². The maximum Gasteiger partial charge on any atom is 0.127 e. The molecule has 3 aromatic rings. The van der Waals surface area contributed by atoms with Crippen LogP contribution in [0.3, 0.4) is 0 Å². The highest BCUT2D eigenvalue weighted by molar-refractivity contribution is 9.10. The number of hydrogen-bond donors (Lipinski definition) is 0. The summed E-state index contributed by atoms with van der Waals surface area (Å²) < 4.78 is 14.9. The maximum absolute atomic E-state index is 14.0. The van der Waals surface area contributed by atoms with E-state index in [0.717, 1.165) is 10.9 Å². The van der Waals surface area contributed by atoms with Crippen molar-refractivity contribution in [2.45, 2.75) is 11.2 Å². The fraction of sp³-hybridized carbons (Fsp3) is 0.111. The van der Waals surface area contributed by atoms with Crippen LogP contribution >= 0.6 is 31.9 Å². The maximum atomic E-state index is 14.0. The van der Waals surface area contributed by atoms with Crippen molar-refractivity contribution in [2.75, 3.05) is 0 Å². The standard InChI is InChI=1S/C18H13Br2F/c19-14-8-9-18(21)16(11-14)17(20)10-13-6-3-5-12-4-1-2-7-15(12)13/h1-9,11,17H,10H2. The van der Waals surface area contributed by atoms with Crippen LogP contribution in [0.25, 0.3) is 10.8 Å². The molecule has 0 spiro atoms. The number of alkyl halides is 1. The fourth-order valence-electron chi connectivity index (χ4n) is 2.53. The molecule has 0 aliphatic rings. The molecule has 1 atom stereocenters. The lowest BCUT2D eigenvalue weighted by Gasteiger charge is -2.13. The van der Waals surface area contributed by atoms with Crippen LogP contribution in [0.1, 0.15) is 16.0 Å². The largest absolute Gasteiger partial charge is 0.207 e. The van der Waals surface area contributed by atoms with Crippen LogP contribution < -0.4 is 0 Å². The minimum atomic E-state index is -0.180. The molecule has 0 bridgehead atoms. The predicted octanol–water partition coefficient (Wildman–Crippen LogP) is 6.42. The summed E-state index contributed by atoms with van der Waals surface area (Å²) in [6.07, 6.45) is 0.745. The molecule has 3 aromatic carbocycles. The highest BCUT2D eigenvalue weighted by Crippen LogP contribution is 2.33. The van der Waals surface area contributed by atoms with E-state index < -0.39 is 0 Å². The third-order valence-corrected chi connectivity index (χ3v) is 4.88. The molecule has 0 amide bonds. The highest BCUT2D eigenvalue weighted by atomic mass is 79.9. The normalized spacial score (nSPS) is 12.5. The van der Waals surface area contributed by atoms with Crippen molar-refractivity contribution in [2.24, 2.45) is 0 Å². The molecule has 0 N–H and O–H groups in total. The molecule has 0 aliphatic carbocycles. The molecule has 0 aliphatic heterocycles. The Morgan fingerprint density at radius 1 is 0.952 bits per heavy atom. The summed E-state index contributed by atoms with van der Waals surface area (Å²) in [7, 11) is 0. The highest BCUT2D eigenvalue weighted by Gasteiger charge is 2.15. The number of halogens is 3. The van der Waals surface area contributed by atoms with Gasteiger partial charge in [0.1, 0.15) is 5.82 Å². The molecule has 0 aromatic heterocycles. The Kier molecular flexibility index (Phi) is 4.41. The molecule has 3 heteroatoms. The summed E-state index contributed by atoms with van der Waals surface area (Å²) in [5, 5.41) is 2.43. The van der Waals surface area contributed by atoms with E-state index in [4.69, 9.17) is 0 Å². The lowest BCUT2D eigenvalue weighted by molar-refractivity contribution is 0.607. The second-order valence-electron chi connectivity index (χ2n) is 4.98. The van der Waals surface area contributed by atoms with Crippen LogP contribution in [0, 0.1) is 5.82 Å². The molecule has 21 heavy (non-hydrogen) atoms. The van der Waals surface area contributed by atoms with Gasteiger partial charge in [-0.2, -0.15) is 0 Å². The van der Waals surface area contributed by atoms with Gasteiger partial charge in [0.15, 0.2) is 0 Å². The van der Waals surface area contributed by atoms with Gasteiger partial charge in [-0.25, -0.2) is 4.39 Å². The van der Waals surface area contributed by atoms with Crippen molar-refractivity contribution in [3.63, 3.8) is 0 Å². The summed E-state index contributed by atoms with van der Waals surface area (Å²) in [6, 6.07) is 19.6. The Balaban J connectivity index is 1.96. The number of fused-ring (bicyclic) bond motifs is 1. The number of hydrogen-bond acceptors (Lipinski definition) is 0. The first-order valence-corrected chi connectivity index (χ1v) is 8.41. The quantitative estimate of drug-likeness (QED) is 0.439. The van der Waals surface area contributed by atoms with E-state index >= 15 is 0 Å². The van der Waals surface area contributed by atoms with Gasteiger partial charge in [-0.05, 0) is 41.0 Å². The van der Waals surface area contributed by atoms with Gasteiger partial charge < -0.3 is 0 Å². The SMILES string of the molecule is Fc1ccc(Br)cc1C(Br)Cc1cccc2ccccc12. The van der Waals surface area contributed by atoms with Crippen LogP contribution in [0.4, 0.5) is 4.39 Å². The first kappa shape index (κ1) is 14.7. The molecule has 0 heterocycles. The molecule has 1 unspecified atom stereocenters. The molecule has 0 saturated heterocycles. The Hall–Kier alpha value is -1.19. The fourth-order valence-corrected chi connectivity index (χ4v) is 3.61. The van der Waals surface area contributed by atoms with Gasteiger partial charge in [-0.3, -0.25) is 0 Å². The topological polar surface area (TPSA) is 0 Å². The van der Waals surface area contributed by atoms with Crippen molar-refractivity contribution in [3.8, 4) is 0 Å². The number of rotatable bonds is 3. The molecule has 0 saturated carbocycles. The zero-order valence-electron chi connectivity index (χ0n) is 11.2. The number of benzene rings is 3. The minimum Gasteiger partial charge on any atom is -0.207 e. The first-order valence-electron chi connectivity index (χ1n) is 6.71. The zero-order valence-corrected chi connectivity index (χ0v) is 14.4. The van der Waals surface area contributed by atoms with Gasteiger partial charge >= 0.3 is 0 Å². The third kappa shape index (κ3) is 3.19. The van der Waals surface area contributed by atoms with Gasteiger partial charge in [0, 0.05) is 14.9 Å². The van der Waals surface area contributed by atoms with Crippen LogP contribution in [0.5, 0.6) is 0 Å². The molecule has 0 radical (unpaired) electrons. The summed E-state index contributed by atoms with van der Waals surface area (Å²) in [5.74, 6) is -0.180. The second kappa shape index (κ2) is 6.29. The smallest absolute Gasteiger partial charge is 0.127 e. The molecule has 3 rings (SSSR count). The van der Waals surface area contributed by atoms with Crippen molar-refractivity contribution in [1.82, 2.24) is 0 Å². The van der Waals surface area contributed by atoms with Gasteiger partial charge in [-0.15, -0.1) is 0 Å². The Bertz CT molecular complexity index is 778. The summed E-state index contributed by atoms with van der Waals surface area (Å²) in [6.45, 7) is 0. The molecular formula is C18H13Br2F. The Morgan fingerprint density at radius 3 is 2.57 bits per heavy atom. The van der Waals surface area contributed by atoms with Crippen molar-refractivity contribution >= 4 is 42.6 Å². The minimum absolute atomic E-state index is 0.0548. The second-order valence-corrected chi connectivity index (χ2v) is 7.00. The van der Waals surface area contributed by atoms with Crippen LogP contribution in [-0.2, 0) is 6.42 Å². The van der Waals surface area contributed by atoms with E-state index in [1.54, 1.807) is 6.07 Å². The molecular weight excluding hydrogens is 395 g/mol. The summed E-state index contributed by atoms with van der Waals surface area (Å²) in [5.41, 5.74) is 1.90. The summed E-state index contributed by atoms with van der Waals surface area (Å²) >= 11 is 7.03. The Morgan fingerprint density at radius 2 is 1.71 bits per heavy atom. The molecule has 0 nitrogen and oxygen atoms in total. The average molecular weight is 408 g/mol. The van der Waals surface area contributed by atoms with Crippen molar-refractivity contribution < 1.29 is 4.39 Å². The lowest BCUT2D eigenvalue weighted by Crippen LogP contribution is -1.99. The van der Waals surface area contributed by atoms with E-state index in [9.17, 15) is 4.39 Å². The molecule has 0 fully saturated rings. The van der Waals surface area contributed by atoms with E-state index in [-0.39, 0.29) is 10.6 Å². The van der Waals surface area contributed by atoms with E-state index in [1.165, 1.54) is 22.4 Å². The molecule has 106 valence electrons. The summed E-state index contributed by atoms with van der Waals surface area (Å²) in [4.78, 5) is -0.0548. The van der Waals surface area contributed by atoms with Crippen LogP contribution in [0.15, 0.2) is 65.1 Å². The first-order chi connectivity index (χ1) is 10.1. The monoisotopic (exact) mass is 406 g/mol. The van der Waals surface area contributed by atoms with Gasteiger partial charge in [0.2, 0.25) is 0 Å². The van der Waals surface area contributed by atoms with Gasteiger partial charge in [-0.1, -0.05) is 74.3 Å². The average Bonchev–Trinajstić information content (AvgIpc) is 2.50. The van der Waals surface area contributed by atoms with Crippen LogP contribution in [0.2, 0.25) is 0 Å². The van der Waals surface area contributed by atoms with E-state index in [1.807, 2.05) is 18.2 Å².